The first kappa shape index (κ1) is 15.6. The molecule has 2 nitrogen and oxygen atoms in total. The Labute approximate surface area is 127 Å². The van der Waals surface area contributed by atoms with Gasteiger partial charge < -0.3 is 11.1 Å². The molecular weight excluding hydrogens is 352 g/mol. The van der Waals surface area contributed by atoms with Crippen LogP contribution in [0.2, 0.25) is 0 Å². The molecule has 2 rings (SSSR count). The molecule has 21 heavy (non-hydrogen) atoms. The fourth-order valence-electron chi connectivity index (χ4n) is 1.86. The van der Waals surface area contributed by atoms with Crippen molar-refractivity contribution in [3.63, 3.8) is 0 Å². The molecule has 112 valence electrons. The molecule has 7 heteroatoms. The average Bonchev–Trinajstić information content (AvgIpc) is 2.41. The van der Waals surface area contributed by atoms with E-state index in [1.165, 1.54) is 24.3 Å². The van der Waals surface area contributed by atoms with E-state index < -0.39 is 17.6 Å². The fraction of sp³-hybridized carbons (Fsp3) is 0.143. The van der Waals surface area contributed by atoms with Crippen molar-refractivity contribution in [2.24, 2.45) is 0 Å². The maximum absolute atomic E-state index is 13.2. The third-order valence-electron chi connectivity index (χ3n) is 2.88. The van der Waals surface area contributed by atoms with Crippen LogP contribution in [0.15, 0.2) is 40.9 Å². The second kappa shape index (κ2) is 5.93. The van der Waals surface area contributed by atoms with Crippen molar-refractivity contribution in [2.45, 2.75) is 12.7 Å². The Balaban J connectivity index is 2.23. The highest BCUT2D eigenvalue weighted by Crippen LogP contribution is 2.33. The first-order valence-corrected chi connectivity index (χ1v) is 6.72. The zero-order valence-electron chi connectivity index (χ0n) is 10.6. The van der Waals surface area contributed by atoms with Gasteiger partial charge in [0.1, 0.15) is 5.82 Å². The summed E-state index contributed by atoms with van der Waals surface area (Å²) >= 11 is 3.00. The number of anilines is 2. The van der Waals surface area contributed by atoms with E-state index in [9.17, 15) is 17.6 Å². The summed E-state index contributed by atoms with van der Waals surface area (Å²) in [5.41, 5.74) is 5.50. The molecule has 0 heterocycles. The third kappa shape index (κ3) is 3.66. The molecular formula is C14H11BrF4N2. The van der Waals surface area contributed by atoms with Gasteiger partial charge in [-0.2, -0.15) is 13.2 Å². The topological polar surface area (TPSA) is 38.0 Å². The molecule has 0 aliphatic carbocycles. The summed E-state index contributed by atoms with van der Waals surface area (Å²) in [5, 5.41) is 2.79. The SMILES string of the molecule is Nc1cc(F)c(Br)cc1NCc1ccccc1C(F)(F)F. The monoisotopic (exact) mass is 362 g/mol. The van der Waals surface area contributed by atoms with E-state index in [4.69, 9.17) is 5.73 Å². The van der Waals surface area contributed by atoms with Gasteiger partial charge in [0, 0.05) is 12.6 Å². The van der Waals surface area contributed by atoms with Gasteiger partial charge in [-0.15, -0.1) is 0 Å². The first-order chi connectivity index (χ1) is 9.79. The highest BCUT2D eigenvalue weighted by molar-refractivity contribution is 9.10. The molecule has 0 saturated carbocycles. The number of benzene rings is 2. The molecule has 0 aromatic heterocycles. The lowest BCUT2D eigenvalue weighted by Gasteiger charge is -2.15. The number of hydrogen-bond acceptors (Lipinski definition) is 2. The summed E-state index contributed by atoms with van der Waals surface area (Å²) in [7, 11) is 0. The van der Waals surface area contributed by atoms with Gasteiger partial charge in [0.25, 0.3) is 0 Å². The number of nitrogens with one attached hydrogen (secondary N) is 1. The van der Waals surface area contributed by atoms with Crippen LogP contribution >= 0.6 is 15.9 Å². The van der Waals surface area contributed by atoms with E-state index >= 15 is 0 Å². The highest BCUT2D eigenvalue weighted by atomic mass is 79.9. The van der Waals surface area contributed by atoms with Crippen molar-refractivity contribution in [3.05, 3.63) is 57.8 Å². The molecule has 0 aliphatic rings. The Morgan fingerprint density at radius 2 is 1.81 bits per heavy atom. The maximum atomic E-state index is 13.2. The van der Waals surface area contributed by atoms with Gasteiger partial charge in [-0.05, 0) is 33.6 Å². The molecule has 0 amide bonds. The molecule has 0 spiro atoms. The van der Waals surface area contributed by atoms with Gasteiger partial charge in [-0.1, -0.05) is 18.2 Å². The zero-order valence-corrected chi connectivity index (χ0v) is 12.2. The molecule has 0 aliphatic heterocycles. The normalized spacial score (nSPS) is 11.5. The van der Waals surface area contributed by atoms with Gasteiger partial charge in [0.15, 0.2) is 0 Å². The van der Waals surface area contributed by atoms with Crippen molar-refractivity contribution < 1.29 is 17.6 Å². The minimum absolute atomic E-state index is 0.0715. The van der Waals surface area contributed by atoms with Crippen LogP contribution in [-0.4, -0.2) is 0 Å². The van der Waals surface area contributed by atoms with Crippen molar-refractivity contribution in [2.75, 3.05) is 11.1 Å². The van der Waals surface area contributed by atoms with Crippen LogP contribution in [0.3, 0.4) is 0 Å². The second-order valence-corrected chi connectivity index (χ2v) is 5.22. The molecule has 3 N–H and O–H groups in total. The van der Waals surface area contributed by atoms with E-state index in [1.807, 2.05) is 0 Å². The lowest BCUT2D eigenvalue weighted by molar-refractivity contribution is -0.138. The van der Waals surface area contributed by atoms with Crippen LogP contribution < -0.4 is 11.1 Å². The fourth-order valence-corrected chi connectivity index (χ4v) is 2.20. The van der Waals surface area contributed by atoms with Crippen LogP contribution in [-0.2, 0) is 12.7 Å². The van der Waals surface area contributed by atoms with Crippen LogP contribution in [0.1, 0.15) is 11.1 Å². The van der Waals surface area contributed by atoms with Crippen molar-refractivity contribution in [3.8, 4) is 0 Å². The van der Waals surface area contributed by atoms with Crippen molar-refractivity contribution in [1.29, 1.82) is 0 Å². The van der Waals surface area contributed by atoms with Gasteiger partial charge in [0.05, 0.1) is 21.4 Å². The standard InChI is InChI=1S/C14H11BrF4N2/c15-10-5-13(12(20)6-11(10)16)21-7-8-3-1-2-4-9(8)14(17,18)19/h1-6,21H,7,20H2. The molecule has 0 atom stereocenters. The van der Waals surface area contributed by atoms with E-state index in [0.29, 0.717) is 5.69 Å². The summed E-state index contributed by atoms with van der Waals surface area (Å²) in [6.07, 6.45) is -4.42. The van der Waals surface area contributed by atoms with E-state index in [0.717, 1.165) is 12.1 Å². The predicted molar refractivity (Wildman–Crippen MR) is 77.3 cm³/mol. The largest absolute Gasteiger partial charge is 0.416 e. The van der Waals surface area contributed by atoms with Crippen LogP contribution in [0.25, 0.3) is 0 Å². The smallest absolute Gasteiger partial charge is 0.397 e. The second-order valence-electron chi connectivity index (χ2n) is 4.36. The Hall–Kier alpha value is -1.76. The summed E-state index contributed by atoms with van der Waals surface area (Å²) in [6, 6.07) is 7.74. The first-order valence-electron chi connectivity index (χ1n) is 5.92. The number of alkyl halides is 3. The molecule has 2 aromatic carbocycles. The number of nitrogens with two attached hydrogens (primary N) is 1. The van der Waals surface area contributed by atoms with E-state index in [2.05, 4.69) is 21.2 Å². The van der Waals surface area contributed by atoms with Crippen LogP contribution in [0.4, 0.5) is 28.9 Å². The Morgan fingerprint density at radius 3 is 2.48 bits per heavy atom. The minimum atomic E-state index is -4.42. The number of rotatable bonds is 3. The van der Waals surface area contributed by atoms with E-state index in [1.54, 1.807) is 0 Å². The van der Waals surface area contributed by atoms with Gasteiger partial charge in [0.2, 0.25) is 0 Å². The Morgan fingerprint density at radius 1 is 1.14 bits per heavy atom. The summed E-state index contributed by atoms with van der Waals surface area (Å²) < 4.78 is 52.0. The lowest BCUT2D eigenvalue weighted by atomic mass is 10.1. The van der Waals surface area contributed by atoms with Crippen LogP contribution in [0, 0.1) is 5.82 Å². The van der Waals surface area contributed by atoms with Crippen molar-refractivity contribution >= 4 is 27.3 Å². The summed E-state index contributed by atoms with van der Waals surface area (Å²) in [4.78, 5) is 0. The van der Waals surface area contributed by atoms with Gasteiger partial charge in [-0.25, -0.2) is 4.39 Å². The number of hydrogen-bond donors (Lipinski definition) is 2. The molecule has 0 bridgehead atoms. The molecule has 2 aromatic rings. The molecule has 0 fully saturated rings. The quantitative estimate of drug-likeness (QED) is 0.607. The Kier molecular flexibility index (Phi) is 4.41. The van der Waals surface area contributed by atoms with Gasteiger partial charge in [-0.3, -0.25) is 0 Å². The molecule has 0 radical (unpaired) electrons. The predicted octanol–water partition coefficient (Wildman–Crippen LogP) is 4.80. The molecule has 0 saturated heterocycles. The zero-order chi connectivity index (χ0) is 15.6. The summed E-state index contributed by atoms with van der Waals surface area (Å²) in [6.45, 7) is -0.0715. The van der Waals surface area contributed by atoms with Gasteiger partial charge >= 0.3 is 6.18 Å². The van der Waals surface area contributed by atoms with E-state index in [-0.39, 0.29) is 22.3 Å². The third-order valence-corrected chi connectivity index (χ3v) is 3.49. The number of halogens is 5. The van der Waals surface area contributed by atoms with Crippen molar-refractivity contribution in [1.82, 2.24) is 0 Å². The lowest BCUT2D eigenvalue weighted by Crippen LogP contribution is -2.12. The maximum Gasteiger partial charge on any atom is 0.416 e. The van der Waals surface area contributed by atoms with Crippen LogP contribution in [0.5, 0.6) is 0 Å². The average molecular weight is 363 g/mol. The minimum Gasteiger partial charge on any atom is -0.397 e. The Bertz CT molecular complexity index is 656. The summed E-state index contributed by atoms with van der Waals surface area (Å²) in [5.74, 6) is -0.534. The molecule has 0 unspecified atom stereocenters. The highest BCUT2D eigenvalue weighted by Gasteiger charge is 2.32. The number of nitrogen functional groups attached to an aromatic ring is 1.